The number of benzene rings is 1. The van der Waals surface area contributed by atoms with E-state index < -0.39 is 30.3 Å². The molecule has 0 spiro atoms. The first-order chi connectivity index (χ1) is 9.88. The molecule has 1 atom stereocenters. The third-order valence-corrected chi connectivity index (χ3v) is 3.69. The molecule has 0 aliphatic heterocycles. The van der Waals surface area contributed by atoms with Gasteiger partial charge in [0.05, 0.1) is 6.42 Å². The summed E-state index contributed by atoms with van der Waals surface area (Å²) in [6, 6.07) is 5.69. The fourth-order valence-corrected chi connectivity index (χ4v) is 2.41. The van der Waals surface area contributed by atoms with Gasteiger partial charge in [-0.1, -0.05) is 11.6 Å². The normalized spacial score (nSPS) is 11.7. The standard InChI is InChI=1S/C13H14ClNO5S/c14-8-1-3-9(4-2-8)21-6-5-11(16)15-10(13(19)20)7-12(17)18/h1-4,10H,5-7H2,(H,15,16)(H,17,18)(H,19,20)/t10-/m0/s1. The number of aliphatic carboxylic acids is 2. The molecule has 6 nitrogen and oxygen atoms in total. The number of nitrogens with one attached hydrogen (secondary N) is 1. The summed E-state index contributed by atoms with van der Waals surface area (Å²) in [5.41, 5.74) is 0. The number of carbonyl (C=O) groups excluding carboxylic acids is 1. The van der Waals surface area contributed by atoms with Crippen molar-refractivity contribution in [3.8, 4) is 0 Å². The molecule has 0 unspecified atom stereocenters. The first-order valence-corrected chi connectivity index (χ1v) is 7.37. The van der Waals surface area contributed by atoms with E-state index in [0.29, 0.717) is 10.8 Å². The van der Waals surface area contributed by atoms with Crippen molar-refractivity contribution >= 4 is 41.2 Å². The molecule has 0 saturated carbocycles. The second-order valence-corrected chi connectivity index (χ2v) is 5.71. The summed E-state index contributed by atoms with van der Waals surface area (Å²) < 4.78 is 0. The van der Waals surface area contributed by atoms with Crippen LogP contribution in [0.25, 0.3) is 0 Å². The average Bonchev–Trinajstić information content (AvgIpc) is 2.39. The van der Waals surface area contributed by atoms with Crippen LogP contribution in [0.5, 0.6) is 0 Å². The monoisotopic (exact) mass is 331 g/mol. The maximum atomic E-state index is 11.6. The predicted molar refractivity (Wildman–Crippen MR) is 78.6 cm³/mol. The highest BCUT2D eigenvalue weighted by Gasteiger charge is 2.22. The van der Waals surface area contributed by atoms with Crippen LogP contribution >= 0.6 is 23.4 Å². The zero-order valence-corrected chi connectivity index (χ0v) is 12.5. The number of carboxylic acid groups (broad SMARTS) is 2. The Morgan fingerprint density at radius 1 is 1.19 bits per heavy atom. The van der Waals surface area contributed by atoms with Gasteiger partial charge in [0.25, 0.3) is 0 Å². The van der Waals surface area contributed by atoms with Crippen LogP contribution in [0, 0.1) is 0 Å². The van der Waals surface area contributed by atoms with Gasteiger partial charge >= 0.3 is 11.9 Å². The molecule has 3 N–H and O–H groups in total. The largest absolute Gasteiger partial charge is 0.481 e. The van der Waals surface area contributed by atoms with Gasteiger partial charge in [0.2, 0.25) is 5.91 Å². The molecule has 0 bridgehead atoms. The Morgan fingerprint density at radius 2 is 1.81 bits per heavy atom. The molecule has 0 aromatic heterocycles. The van der Waals surface area contributed by atoms with Crippen LogP contribution in [0.4, 0.5) is 0 Å². The van der Waals surface area contributed by atoms with Crippen LogP contribution in [0.15, 0.2) is 29.2 Å². The van der Waals surface area contributed by atoms with Gasteiger partial charge in [-0.05, 0) is 24.3 Å². The fourth-order valence-electron chi connectivity index (χ4n) is 1.43. The van der Waals surface area contributed by atoms with E-state index in [0.717, 1.165) is 4.90 Å². The number of hydrogen-bond donors (Lipinski definition) is 3. The molecule has 0 aliphatic carbocycles. The number of halogens is 1. The van der Waals surface area contributed by atoms with Crippen LogP contribution in [0.2, 0.25) is 5.02 Å². The molecule has 114 valence electrons. The van der Waals surface area contributed by atoms with Crippen LogP contribution in [0.1, 0.15) is 12.8 Å². The molecule has 0 radical (unpaired) electrons. The van der Waals surface area contributed by atoms with Crippen LogP contribution in [0.3, 0.4) is 0 Å². The smallest absolute Gasteiger partial charge is 0.326 e. The minimum absolute atomic E-state index is 0.0939. The number of rotatable bonds is 8. The summed E-state index contributed by atoms with van der Waals surface area (Å²) in [7, 11) is 0. The number of thioether (sulfide) groups is 1. The zero-order valence-electron chi connectivity index (χ0n) is 10.9. The summed E-state index contributed by atoms with van der Waals surface area (Å²) in [6.07, 6.45) is -0.553. The van der Waals surface area contributed by atoms with Gasteiger partial charge in [-0.3, -0.25) is 9.59 Å². The molecule has 1 aromatic carbocycles. The number of carboxylic acids is 2. The third-order valence-electron chi connectivity index (χ3n) is 2.42. The van der Waals surface area contributed by atoms with Crippen molar-refractivity contribution in [1.82, 2.24) is 5.32 Å². The summed E-state index contributed by atoms with van der Waals surface area (Å²) in [5.74, 6) is -2.69. The topological polar surface area (TPSA) is 104 Å². The van der Waals surface area contributed by atoms with Crippen molar-refractivity contribution in [2.75, 3.05) is 5.75 Å². The summed E-state index contributed by atoms with van der Waals surface area (Å²) in [4.78, 5) is 33.8. The second-order valence-electron chi connectivity index (χ2n) is 4.11. The Labute approximate surface area is 130 Å². The molecule has 0 saturated heterocycles. The molecule has 1 aromatic rings. The van der Waals surface area contributed by atoms with Crippen LogP contribution in [-0.4, -0.2) is 39.9 Å². The highest BCUT2D eigenvalue weighted by atomic mass is 35.5. The highest BCUT2D eigenvalue weighted by Crippen LogP contribution is 2.20. The van der Waals surface area contributed by atoms with Crippen molar-refractivity contribution in [2.24, 2.45) is 0 Å². The zero-order chi connectivity index (χ0) is 15.8. The second kappa shape index (κ2) is 8.53. The Hall–Kier alpha value is -1.73. The van der Waals surface area contributed by atoms with E-state index in [-0.39, 0.29) is 6.42 Å². The Morgan fingerprint density at radius 3 is 2.33 bits per heavy atom. The van der Waals surface area contributed by atoms with Crippen molar-refractivity contribution in [1.29, 1.82) is 0 Å². The van der Waals surface area contributed by atoms with Crippen molar-refractivity contribution in [3.63, 3.8) is 0 Å². The van der Waals surface area contributed by atoms with Crippen molar-refractivity contribution < 1.29 is 24.6 Å². The number of carbonyl (C=O) groups is 3. The lowest BCUT2D eigenvalue weighted by molar-refractivity contribution is -0.147. The van der Waals surface area contributed by atoms with Gasteiger partial charge in [-0.25, -0.2) is 4.79 Å². The summed E-state index contributed by atoms with van der Waals surface area (Å²) >= 11 is 7.17. The maximum Gasteiger partial charge on any atom is 0.326 e. The molecule has 1 amide bonds. The fraction of sp³-hybridized carbons (Fsp3) is 0.308. The minimum atomic E-state index is -1.41. The Bertz CT molecular complexity index is 520. The number of amides is 1. The molecule has 0 fully saturated rings. The van der Waals surface area contributed by atoms with E-state index in [2.05, 4.69) is 5.32 Å². The van der Waals surface area contributed by atoms with E-state index in [9.17, 15) is 14.4 Å². The molecular formula is C13H14ClNO5S. The van der Waals surface area contributed by atoms with Crippen LogP contribution < -0.4 is 5.32 Å². The molecule has 21 heavy (non-hydrogen) atoms. The Balaban J connectivity index is 2.37. The summed E-state index contributed by atoms with van der Waals surface area (Å²) in [6.45, 7) is 0. The maximum absolute atomic E-state index is 11.6. The van der Waals surface area contributed by atoms with Gasteiger partial charge in [0.15, 0.2) is 0 Å². The van der Waals surface area contributed by atoms with Gasteiger partial charge in [-0.2, -0.15) is 0 Å². The highest BCUT2D eigenvalue weighted by molar-refractivity contribution is 7.99. The van der Waals surface area contributed by atoms with E-state index in [1.165, 1.54) is 11.8 Å². The SMILES string of the molecule is O=C(O)C[C@H](NC(=O)CCSc1ccc(Cl)cc1)C(=O)O. The number of hydrogen-bond acceptors (Lipinski definition) is 4. The predicted octanol–water partition coefficient (Wildman–Crippen LogP) is 1.87. The summed E-state index contributed by atoms with van der Waals surface area (Å²) in [5, 5.41) is 20.2. The van der Waals surface area contributed by atoms with Gasteiger partial charge < -0.3 is 15.5 Å². The van der Waals surface area contributed by atoms with Crippen LogP contribution in [-0.2, 0) is 14.4 Å². The average molecular weight is 332 g/mol. The quantitative estimate of drug-likeness (QED) is 0.628. The van der Waals surface area contributed by atoms with E-state index >= 15 is 0 Å². The first-order valence-electron chi connectivity index (χ1n) is 6.01. The lowest BCUT2D eigenvalue weighted by Gasteiger charge is -2.12. The molecule has 0 heterocycles. The minimum Gasteiger partial charge on any atom is -0.481 e. The molecular weight excluding hydrogens is 318 g/mol. The lowest BCUT2D eigenvalue weighted by Crippen LogP contribution is -2.42. The van der Waals surface area contributed by atoms with E-state index in [1.807, 2.05) is 12.1 Å². The molecule has 1 rings (SSSR count). The molecule has 0 aliphatic rings. The lowest BCUT2D eigenvalue weighted by atomic mass is 10.2. The third kappa shape index (κ3) is 7.01. The van der Waals surface area contributed by atoms with Gasteiger partial charge in [0.1, 0.15) is 6.04 Å². The van der Waals surface area contributed by atoms with E-state index in [4.69, 9.17) is 21.8 Å². The first kappa shape index (κ1) is 17.3. The van der Waals surface area contributed by atoms with Gasteiger partial charge in [0, 0.05) is 22.1 Å². The van der Waals surface area contributed by atoms with Gasteiger partial charge in [-0.15, -0.1) is 11.8 Å². The van der Waals surface area contributed by atoms with Crippen molar-refractivity contribution in [2.45, 2.75) is 23.8 Å². The Kier molecular flexibility index (Phi) is 7.04. The van der Waals surface area contributed by atoms with E-state index in [1.54, 1.807) is 12.1 Å². The van der Waals surface area contributed by atoms with Crippen molar-refractivity contribution in [3.05, 3.63) is 29.3 Å². The molecule has 8 heteroatoms.